The Balaban J connectivity index is 1.52. The highest BCUT2D eigenvalue weighted by Gasteiger charge is 2.29. The third-order valence-corrected chi connectivity index (χ3v) is 4.82. The zero-order valence-electron chi connectivity index (χ0n) is 14.9. The van der Waals surface area contributed by atoms with Crippen molar-refractivity contribution in [2.24, 2.45) is 0 Å². The lowest BCUT2D eigenvalue weighted by molar-refractivity contribution is 0.104. The normalized spacial score (nSPS) is 19.2. The number of nitrogens with zero attached hydrogens (tertiary/aromatic N) is 3. The van der Waals surface area contributed by atoms with Crippen LogP contribution in [0.15, 0.2) is 24.4 Å². The summed E-state index contributed by atoms with van der Waals surface area (Å²) in [6, 6.07) is 6.21. The van der Waals surface area contributed by atoms with Crippen LogP contribution in [0.25, 0.3) is 0 Å². The van der Waals surface area contributed by atoms with Crippen LogP contribution in [0.4, 0.5) is 0 Å². The molecule has 0 N–H and O–H groups in total. The fourth-order valence-corrected chi connectivity index (χ4v) is 3.62. The summed E-state index contributed by atoms with van der Waals surface area (Å²) in [5.41, 5.74) is 3.77. The molecule has 0 spiro atoms. The van der Waals surface area contributed by atoms with Crippen LogP contribution in [0.5, 0.6) is 11.5 Å². The van der Waals surface area contributed by atoms with Gasteiger partial charge in [0, 0.05) is 50.5 Å². The Morgan fingerprint density at radius 3 is 2.96 bits per heavy atom. The van der Waals surface area contributed by atoms with E-state index in [1.165, 1.54) is 16.8 Å². The molecule has 0 amide bonds. The Morgan fingerprint density at radius 1 is 1.24 bits per heavy atom. The molecule has 0 radical (unpaired) electrons. The smallest absolute Gasteiger partial charge is 0.231 e. The number of aryl methyl sites for hydroxylation is 1. The SMILES string of the molecule is CCOCC1CN(Cc2ccc3c(c2)OCO3)Cc2cn(CC)nc21. The quantitative estimate of drug-likeness (QED) is 0.807. The Morgan fingerprint density at radius 2 is 2.12 bits per heavy atom. The van der Waals surface area contributed by atoms with Crippen LogP contribution in [0.3, 0.4) is 0 Å². The maximum absolute atomic E-state index is 5.72. The van der Waals surface area contributed by atoms with Gasteiger partial charge in [-0.25, -0.2) is 0 Å². The molecule has 1 aromatic carbocycles. The van der Waals surface area contributed by atoms with Crippen molar-refractivity contribution in [1.82, 2.24) is 14.7 Å². The van der Waals surface area contributed by atoms with E-state index in [0.717, 1.165) is 50.9 Å². The molecule has 2 aliphatic heterocycles. The fourth-order valence-electron chi connectivity index (χ4n) is 3.62. The Hall–Kier alpha value is -2.05. The van der Waals surface area contributed by atoms with E-state index in [4.69, 9.17) is 19.3 Å². The Labute approximate surface area is 148 Å². The summed E-state index contributed by atoms with van der Waals surface area (Å²) in [6.07, 6.45) is 2.18. The molecule has 3 heterocycles. The Kier molecular flexibility index (Phi) is 4.63. The van der Waals surface area contributed by atoms with Gasteiger partial charge in [-0.05, 0) is 31.5 Å². The first-order valence-electron chi connectivity index (χ1n) is 9.01. The van der Waals surface area contributed by atoms with E-state index in [0.29, 0.717) is 12.7 Å². The second-order valence-corrected chi connectivity index (χ2v) is 6.61. The minimum absolute atomic E-state index is 0.318. The van der Waals surface area contributed by atoms with Crippen molar-refractivity contribution in [3.8, 4) is 11.5 Å². The first-order valence-corrected chi connectivity index (χ1v) is 9.01. The summed E-state index contributed by atoms with van der Waals surface area (Å²) < 4.78 is 18.7. The largest absolute Gasteiger partial charge is 0.454 e. The molecule has 4 rings (SSSR count). The van der Waals surface area contributed by atoms with Crippen LogP contribution in [0, 0.1) is 0 Å². The van der Waals surface area contributed by atoms with E-state index in [1.807, 2.05) is 17.7 Å². The predicted octanol–water partition coefficient (Wildman–Crippen LogP) is 2.77. The van der Waals surface area contributed by atoms with Crippen LogP contribution >= 0.6 is 0 Å². The van der Waals surface area contributed by atoms with Gasteiger partial charge in [0.2, 0.25) is 6.79 Å². The molecule has 134 valence electrons. The van der Waals surface area contributed by atoms with Crippen LogP contribution in [0.2, 0.25) is 0 Å². The highest BCUT2D eigenvalue weighted by molar-refractivity contribution is 5.44. The van der Waals surface area contributed by atoms with Crippen LogP contribution in [-0.2, 0) is 24.4 Å². The van der Waals surface area contributed by atoms with E-state index in [9.17, 15) is 0 Å². The van der Waals surface area contributed by atoms with Gasteiger partial charge in [-0.15, -0.1) is 0 Å². The zero-order valence-corrected chi connectivity index (χ0v) is 14.9. The molecule has 6 heteroatoms. The number of rotatable bonds is 6. The topological polar surface area (TPSA) is 48.8 Å². The summed E-state index contributed by atoms with van der Waals surface area (Å²) in [7, 11) is 0. The lowest BCUT2D eigenvalue weighted by Crippen LogP contribution is -2.34. The number of hydrogen-bond acceptors (Lipinski definition) is 5. The number of hydrogen-bond donors (Lipinski definition) is 0. The van der Waals surface area contributed by atoms with Gasteiger partial charge in [0.25, 0.3) is 0 Å². The standard InChI is InChI=1S/C19H25N3O3/c1-3-22-11-15-9-21(10-16(12-23-4-2)19(15)20-22)8-14-5-6-17-18(7-14)25-13-24-17/h5-7,11,16H,3-4,8-10,12-13H2,1-2H3. The van der Waals surface area contributed by atoms with Crippen molar-refractivity contribution in [2.75, 3.05) is 26.6 Å². The highest BCUT2D eigenvalue weighted by atomic mass is 16.7. The molecule has 1 aromatic heterocycles. The van der Waals surface area contributed by atoms with Gasteiger partial charge in [-0.2, -0.15) is 5.10 Å². The summed E-state index contributed by atoms with van der Waals surface area (Å²) in [5.74, 6) is 2.01. The molecule has 2 aromatic rings. The van der Waals surface area contributed by atoms with Crippen molar-refractivity contribution >= 4 is 0 Å². The molecular formula is C19H25N3O3. The third-order valence-electron chi connectivity index (χ3n) is 4.82. The highest BCUT2D eigenvalue weighted by Crippen LogP contribution is 2.34. The summed E-state index contributed by atoms with van der Waals surface area (Å²) >= 11 is 0. The van der Waals surface area contributed by atoms with Crippen LogP contribution in [-0.4, -0.2) is 41.2 Å². The molecule has 25 heavy (non-hydrogen) atoms. The number of benzene rings is 1. The minimum atomic E-state index is 0.318. The maximum atomic E-state index is 5.72. The van der Waals surface area contributed by atoms with E-state index in [1.54, 1.807) is 0 Å². The summed E-state index contributed by atoms with van der Waals surface area (Å²) in [4.78, 5) is 2.46. The van der Waals surface area contributed by atoms with Crippen molar-refractivity contribution in [3.05, 3.63) is 41.2 Å². The lowest BCUT2D eigenvalue weighted by Gasteiger charge is -2.31. The van der Waals surface area contributed by atoms with Gasteiger partial charge in [0.15, 0.2) is 11.5 Å². The van der Waals surface area contributed by atoms with Crippen molar-refractivity contribution < 1.29 is 14.2 Å². The average Bonchev–Trinajstić information content (AvgIpc) is 3.25. The van der Waals surface area contributed by atoms with E-state index in [-0.39, 0.29) is 0 Å². The molecule has 6 nitrogen and oxygen atoms in total. The summed E-state index contributed by atoms with van der Waals surface area (Å²) in [6.45, 7) is 9.61. The maximum Gasteiger partial charge on any atom is 0.231 e. The molecule has 0 saturated heterocycles. The van der Waals surface area contributed by atoms with Gasteiger partial charge in [0.05, 0.1) is 12.3 Å². The third kappa shape index (κ3) is 3.37. The molecule has 2 aliphatic rings. The minimum Gasteiger partial charge on any atom is -0.454 e. The molecule has 1 atom stereocenters. The fraction of sp³-hybridized carbons (Fsp3) is 0.526. The molecule has 0 fully saturated rings. The number of fused-ring (bicyclic) bond motifs is 2. The molecular weight excluding hydrogens is 318 g/mol. The van der Waals surface area contributed by atoms with Gasteiger partial charge < -0.3 is 14.2 Å². The van der Waals surface area contributed by atoms with Crippen molar-refractivity contribution in [2.45, 2.75) is 39.4 Å². The van der Waals surface area contributed by atoms with Crippen LogP contribution < -0.4 is 9.47 Å². The van der Waals surface area contributed by atoms with E-state index >= 15 is 0 Å². The first-order chi connectivity index (χ1) is 12.3. The molecule has 0 saturated carbocycles. The van der Waals surface area contributed by atoms with Crippen LogP contribution in [0.1, 0.15) is 36.6 Å². The first kappa shape index (κ1) is 16.4. The number of ether oxygens (including phenoxy) is 3. The zero-order chi connectivity index (χ0) is 17.2. The second kappa shape index (κ2) is 7.06. The van der Waals surface area contributed by atoms with Crippen molar-refractivity contribution in [3.63, 3.8) is 0 Å². The number of aromatic nitrogens is 2. The van der Waals surface area contributed by atoms with Gasteiger partial charge >= 0.3 is 0 Å². The molecule has 0 bridgehead atoms. The van der Waals surface area contributed by atoms with E-state index < -0.39 is 0 Å². The predicted molar refractivity (Wildman–Crippen MR) is 93.8 cm³/mol. The second-order valence-electron chi connectivity index (χ2n) is 6.61. The average molecular weight is 343 g/mol. The monoisotopic (exact) mass is 343 g/mol. The van der Waals surface area contributed by atoms with E-state index in [2.05, 4.69) is 30.2 Å². The van der Waals surface area contributed by atoms with Gasteiger partial charge in [-0.3, -0.25) is 9.58 Å². The lowest BCUT2D eigenvalue weighted by atomic mass is 9.97. The Bertz CT molecular complexity index is 744. The molecule has 1 unspecified atom stereocenters. The molecule has 0 aliphatic carbocycles. The summed E-state index contributed by atoms with van der Waals surface area (Å²) in [5, 5.41) is 4.77. The van der Waals surface area contributed by atoms with Gasteiger partial charge in [0.1, 0.15) is 0 Å². The van der Waals surface area contributed by atoms with Gasteiger partial charge in [-0.1, -0.05) is 6.07 Å². The van der Waals surface area contributed by atoms with Crippen molar-refractivity contribution in [1.29, 1.82) is 0 Å².